The van der Waals surface area contributed by atoms with Gasteiger partial charge in [0, 0.05) is 5.41 Å². The van der Waals surface area contributed by atoms with Gasteiger partial charge in [0.1, 0.15) is 17.2 Å². The van der Waals surface area contributed by atoms with E-state index in [4.69, 9.17) is 4.74 Å². The molecule has 0 saturated heterocycles. The van der Waals surface area contributed by atoms with Crippen LogP contribution in [0, 0.1) is 5.92 Å². The predicted molar refractivity (Wildman–Crippen MR) is 187 cm³/mol. The van der Waals surface area contributed by atoms with E-state index in [0.29, 0.717) is 22.3 Å². The van der Waals surface area contributed by atoms with E-state index in [-0.39, 0.29) is 16.1 Å². The Bertz CT molecular complexity index is 1540. The number of benzene rings is 4. The highest BCUT2D eigenvalue weighted by Gasteiger charge is 2.23. The Hall–Kier alpha value is -3.57. The molecule has 0 aliphatic rings. The number of sulfone groups is 1. The predicted octanol–water partition coefficient (Wildman–Crippen LogP) is 11.5. The van der Waals surface area contributed by atoms with Gasteiger partial charge in [-0.15, -0.1) is 0 Å². The molecule has 0 saturated carbocycles. The lowest BCUT2D eigenvalue weighted by atomic mass is 9.78. The third kappa shape index (κ3) is 9.96. The molecule has 45 heavy (non-hydrogen) atoms. The van der Waals surface area contributed by atoms with Crippen LogP contribution in [0.4, 0.5) is 0 Å². The first kappa shape index (κ1) is 35.9. The molecule has 0 amide bonds. The summed E-state index contributed by atoms with van der Waals surface area (Å²) in [6, 6.07) is 28.8. The number of hydrogen-bond acceptors (Lipinski definition) is 4. The third-order valence-corrected chi connectivity index (χ3v) is 10.5. The molecule has 0 aliphatic carbocycles. The minimum atomic E-state index is -3.61. The molecule has 2 unspecified atom stereocenters. The Labute approximate surface area is 272 Å². The minimum Gasteiger partial charge on any atom is -0.508 e. The van der Waals surface area contributed by atoms with Crippen molar-refractivity contribution in [3.63, 3.8) is 0 Å². The summed E-state index contributed by atoms with van der Waals surface area (Å²) in [6.07, 6.45) is 7.70. The maximum absolute atomic E-state index is 13.1. The summed E-state index contributed by atoms with van der Waals surface area (Å²) in [6.45, 7) is 15.4. The summed E-state index contributed by atoms with van der Waals surface area (Å²) < 4.78 is 32.2. The van der Waals surface area contributed by atoms with Crippen molar-refractivity contribution in [2.45, 2.75) is 108 Å². The molecule has 0 heterocycles. The molecule has 4 rings (SSSR count). The number of aromatic hydroxyl groups is 1. The van der Waals surface area contributed by atoms with Crippen LogP contribution in [-0.2, 0) is 15.3 Å². The molecule has 0 radical (unpaired) electrons. The zero-order valence-corrected chi connectivity index (χ0v) is 29.0. The summed E-state index contributed by atoms with van der Waals surface area (Å²) in [4.78, 5) is 0.528. The number of rotatable bonds is 13. The van der Waals surface area contributed by atoms with Gasteiger partial charge in [-0.3, -0.25) is 0 Å². The standard InChI is InChI=1S/C32H34O4S.C8H18/c1-5-6-23(2)24-7-19-30(20-8-24)37(34,35)31-21-17-29(18-22-31)36-28-15-11-26(12-16-28)32(3,4)25-9-13-27(33)14-10-25;1-4-6-7-8(3)5-2/h7-23,33H,5-6H2,1-4H3;8H,4-7H2,1-3H3. The van der Waals surface area contributed by atoms with Crippen LogP contribution in [0.25, 0.3) is 0 Å². The van der Waals surface area contributed by atoms with Crippen LogP contribution in [-0.4, -0.2) is 13.5 Å². The van der Waals surface area contributed by atoms with Crippen LogP contribution < -0.4 is 4.74 Å². The largest absolute Gasteiger partial charge is 0.508 e. The first-order valence-electron chi connectivity index (χ1n) is 16.4. The van der Waals surface area contributed by atoms with E-state index in [2.05, 4.69) is 48.5 Å². The fourth-order valence-electron chi connectivity index (χ4n) is 5.28. The third-order valence-electron chi connectivity index (χ3n) is 8.76. The highest BCUT2D eigenvalue weighted by Crippen LogP contribution is 2.34. The second-order valence-corrected chi connectivity index (χ2v) is 14.6. The molecule has 4 aromatic rings. The first-order chi connectivity index (χ1) is 21.4. The molecule has 5 heteroatoms. The van der Waals surface area contributed by atoms with Crippen LogP contribution in [0.5, 0.6) is 17.2 Å². The van der Waals surface area contributed by atoms with Crippen molar-refractivity contribution in [2.75, 3.05) is 0 Å². The number of ether oxygens (including phenoxy) is 1. The second kappa shape index (κ2) is 16.7. The maximum Gasteiger partial charge on any atom is 0.206 e. The van der Waals surface area contributed by atoms with Gasteiger partial charge in [-0.05, 0) is 95.6 Å². The number of phenols is 1. The van der Waals surface area contributed by atoms with E-state index >= 15 is 0 Å². The van der Waals surface area contributed by atoms with Gasteiger partial charge in [0.05, 0.1) is 9.79 Å². The molecule has 0 fully saturated rings. The lowest BCUT2D eigenvalue weighted by Gasteiger charge is -2.26. The van der Waals surface area contributed by atoms with E-state index in [0.717, 1.165) is 35.4 Å². The van der Waals surface area contributed by atoms with Crippen molar-refractivity contribution < 1.29 is 18.3 Å². The van der Waals surface area contributed by atoms with Crippen LogP contribution in [0.2, 0.25) is 0 Å². The minimum absolute atomic E-state index is 0.236. The molecule has 2 atom stereocenters. The van der Waals surface area contributed by atoms with Gasteiger partial charge in [0.2, 0.25) is 9.84 Å². The lowest BCUT2D eigenvalue weighted by Crippen LogP contribution is -2.18. The van der Waals surface area contributed by atoms with Gasteiger partial charge in [-0.25, -0.2) is 8.42 Å². The summed E-state index contributed by atoms with van der Waals surface area (Å²) in [5.74, 6) is 2.84. The fraction of sp³-hybridized carbons (Fsp3) is 0.400. The number of hydrogen-bond donors (Lipinski definition) is 1. The molecular weight excluding hydrogens is 577 g/mol. The average molecular weight is 629 g/mol. The Morgan fingerprint density at radius 3 is 1.60 bits per heavy atom. The lowest BCUT2D eigenvalue weighted by molar-refractivity contribution is 0.474. The van der Waals surface area contributed by atoms with E-state index < -0.39 is 9.84 Å². The molecule has 4 nitrogen and oxygen atoms in total. The van der Waals surface area contributed by atoms with E-state index in [1.165, 1.54) is 25.7 Å². The zero-order valence-electron chi connectivity index (χ0n) is 28.2. The highest BCUT2D eigenvalue weighted by atomic mass is 32.2. The molecule has 1 N–H and O–H groups in total. The molecule has 0 aromatic heterocycles. The Morgan fingerprint density at radius 1 is 0.667 bits per heavy atom. The van der Waals surface area contributed by atoms with Gasteiger partial charge in [0.15, 0.2) is 0 Å². The first-order valence-corrected chi connectivity index (χ1v) is 17.9. The normalized spacial score (nSPS) is 13.0. The molecular formula is C40H52O4S. The molecule has 0 spiro atoms. The highest BCUT2D eigenvalue weighted by molar-refractivity contribution is 7.91. The monoisotopic (exact) mass is 628 g/mol. The molecule has 0 bridgehead atoms. The van der Waals surface area contributed by atoms with Crippen molar-refractivity contribution in [1.29, 1.82) is 0 Å². The van der Waals surface area contributed by atoms with Crippen molar-refractivity contribution in [3.05, 3.63) is 114 Å². The second-order valence-electron chi connectivity index (χ2n) is 12.7. The van der Waals surface area contributed by atoms with Gasteiger partial charge in [0.25, 0.3) is 0 Å². The SMILES string of the molecule is CCCC(C)c1ccc(S(=O)(=O)c2ccc(Oc3ccc(C(C)(C)c4ccc(O)cc4)cc3)cc2)cc1.CCCCC(C)CC. The van der Waals surface area contributed by atoms with Crippen molar-refractivity contribution in [2.24, 2.45) is 5.92 Å². The van der Waals surface area contributed by atoms with Crippen LogP contribution in [0.15, 0.2) is 107 Å². The molecule has 4 aromatic carbocycles. The van der Waals surface area contributed by atoms with E-state index in [9.17, 15) is 13.5 Å². The van der Waals surface area contributed by atoms with Crippen LogP contribution >= 0.6 is 0 Å². The Balaban J connectivity index is 0.000000610. The van der Waals surface area contributed by atoms with E-state index in [1.807, 2.05) is 48.5 Å². The number of unbranched alkanes of at least 4 members (excludes halogenated alkanes) is 1. The van der Waals surface area contributed by atoms with Crippen LogP contribution in [0.1, 0.15) is 110 Å². The quantitative estimate of drug-likeness (QED) is 0.160. The zero-order chi connectivity index (χ0) is 33.0. The van der Waals surface area contributed by atoms with Crippen molar-refractivity contribution in [1.82, 2.24) is 0 Å². The fourth-order valence-corrected chi connectivity index (χ4v) is 6.54. The topological polar surface area (TPSA) is 63.6 Å². The summed E-state index contributed by atoms with van der Waals surface area (Å²) in [5, 5.41) is 9.58. The number of phenolic OH excluding ortho intramolecular Hbond substituents is 1. The molecule has 0 aliphatic heterocycles. The Kier molecular flexibility index (Phi) is 13.3. The van der Waals surface area contributed by atoms with Gasteiger partial charge in [-0.1, -0.05) is 117 Å². The Morgan fingerprint density at radius 2 is 1.13 bits per heavy atom. The maximum atomic E-state index is 13.1. The van der Waals surface area contributed by atoms with Crippen LogP contribution in [0.3, 0.4) is 0 Å². The summed E-state index contributed by atoms with van der Waals surface area (Å²) >= 11 is 0. The summed E-state index contributed by atoms with van der Waals surface area (Å²) in [5.41, 5.74) is 3.12. The average Bonchev–Trinajstić information content (AvgIpc) is 3.05. The van der Waals surface area contributed by atoms with Crippen molar-refractivity contribution in [3.8, 4) is 17.2 Å². The van der Waals surface area contributed by atoms with E-state index in [1.54, 1.807) is 48.5 Å². The molecule has 242 valence electrons. The van der Waals surface area contributed by atoms with Crippen molar-refractivity contribution >= 4 is 9.84 Å². The van der Waals surface area contributed by atoms with Gasteiger partial charge < -0.3 is 9.84 Å². The smallest absolute Gasteiger partial charge is 0.206 e. The summed E-state index contributed by atoms with van der Waals surface area (Å²) in [7, 11) is -3.61. The van der Waals surface area contributed by atoms with Gasteiger partial charge in [-0.2, -0.15) is 0 Å². The van der Waals surface area contributed by atoms with Gasteiger partial charge >= 0.3 is 0 Å².